The normalized spacial score (nSPS) is 23.8. The van der Waals surface area contributed by atoms with E-state index in [4.69, 9.17) is 16.3 Å². The second-order valence-electron chi connectivity index (χ2n) is 5.28. The molecular weight excluding hydrogens is 250 g/mol. The summed E-state index contributed by atoms with van der Waals surface area (Å²) in [4.78, 5) is 11.3. The topological polar surface area (TPSA) is 38.3 Å². The van der Waals surface area contributed by atoms with Crippen LogP contribution in [0.25, 0.3) is 0 Å². The number of ether oxygens (including phenoxy) is 1. The van der Waals surface area contributed by atoms with Gasteiger partial charge in [0.05, 0.1) is 6.04 Å². The summed E-state index contributed by atoms with van der Waals surface area (Å²) in [6.07, 6.45) is 4.19. The average molecular weight is 266 g/mol. The molecule has 1 heterocycles. The van der Waals surface area contributed by atoms with Crippen LogP contribution in [0.1, 0.15) is 44.2 Å². The van der Waals surface area contributed by atoms with Gasteiger partial charge in [-0.3, -0.25) is 4.79 Å². The number of hydrogen-bond donors (Lipinski definition) is 1. The third-order valence-corrected chi connectivity index (χ3v) is 4.13. The highest BCUT2D eigenvalue weighted by Crippen LogP contribution is 2.49. The molecule has 2 aliphatic rings. The second-order valence-corrected chi connectivity index (χ2v) is 5.71. The van der Waals surface area contributed by atoms with Gasteiger partial charge in [-0.15, -0.1) is 0 Å². The summed E-state index contributed by atoms with van der Waals surface area (Å²) in [5.74, 6) is 0.824. The molecule has 1 aliphatic carbocycles. The van der Waals surface area contributed by atoms with Gasteiger partial charge in [-0.25, -0.2) is 0 Å². The van der Waals surface area contributed by atoms with Crippen molar-refractivity contribution in [3.05, 3.63) is 28.8 Å². The fourth-order valence-electron chi connectivity index (χ4n) is 2.89. The lowest BCUT2D eigenvalue weighted by atomic mass is 9.73. The third-order valence-electron chi connectivity index (χ3n) is 3.90. The van der Waals surface area contributed by atoms with E-state index in [-0.39, 0.29) is 17.6 Å². The smallest absolute Gasteiger partial charge is 0.217 e. The Morgan fingerprint density at radius 1 is 1.50 bits per heavy atom. The van der Waals surface area contributed by atoms with Crippen LogP contribution < -0.4 is 10.1 Å². The largest absolute Gasteiger partial charge is 0.487 e. The zero-order valence-corrected chi connectivity index (χ0v) is 11.1. The summed E-state index contributed by atoms with van der Waals surface area (Å²) in [5.41, 5.74) is 0.956. The van der Waals surface area contributed by atoms with Crippen LogP contribution in [0.2, 0.25) is 5.02 Å². The van der Waals surface area contributed by atoms with Crippen LogP contribution in [0.5, 0.6) is 5.75 Å². The Bertz CT molecular complexity index is 497. The molecule has 1 amide bonds. The van der Waals surface area contributed by atoms with Crippen molar-refractivity contribution in [1.29, 1.82) is 0 Å². The first-order chi connectivity index (χ1) is 8.58. The molecule has 18 heavy (non-hydrogen) atoms. The van der Waals surface area contributed by atoms with Crippen LogP contribution in [0.4, 0.5) is 0 Å². The van der Waals surface area contributed by atoms with Crippen LogP contribution >= 0.6 is 11.6 Å². The number of halogens is 1. The van der Waals surface area contributed by atoms with Gasteiger partial charge in [0, 0.05) is 23.9 Å². The van der Waals surface area contributed by atoms with E-state index < -0.39 is 0 Å². The van der Waals surface area contributed by atoms with E-state index in [1.165, 1.54) is 6.42 Å². The first kappa shape index (κ1) is 11.8. The minimum absolute atomic E-state index is 0.00252. The fraction of sp³-hybridized carbons (Fsp3) is 0.500. The predicted molar refractivity (Wildman–Crippen MR) is 69.8 cm³/mol. The summed E-state index contributed by atoms with van der Waals surface area (Å²) >= 11 is 6.02. The lowest BCUT2D eigenvalue weighted by Gasteiger charge is -2.48. The van der Waals surface area contributed by atoms with Gasteiger partial charge in [-0.1, -0.05) is 17.7 Å². The SMILES string of the molecule is CC(=O)NC1CC2(CCC2)Oc2cc(Cl)ccc21. The van der Waals surface area contributed by atoms with Gasteiger partial charge in [0.1, 0.15) is 11.4 Å². The first-order valence-corrected chi connectivity index (χ1v) is 6.71. The van der Waals surface area contributed by atoms with Crippen molar-refractivity contribution in [2.75, 3.05) is 0 Å². The summed E-state index contributed by atoms with van der Waals surface area (Å²) in [7, 11) is 0. The molecule has 1 atom stereocenters. The molecule has 1 aromatic carbocycles. The van der Waals surface area contributed by atoms with Crippen molar-refractivity contribution in [3.8, 4) is 5.75 Å². The summed E-state index contributed by atoms with van der Waals surface area (Å²) < 4.78 is 6.11. The molecule has 0 radical (unpaired) electrons. The van der Waals surface area contributed by atoms with Crippen molar-refractivity contribution in [1.82, 2.24) is 5.32 Å². The van der Waals surface area contributed by atoms with Crippen LogP contribution in [-0.2, 0) is 4.79 Å². The Labute approximate surface area is 111 Å². The molecule has 3 nitrogen and oxygen atoms in total. The molecule has 4 heteroatoms. The highest BCUT2D eigenvalue weighted by atomic mass is 35.5. The number of carbonyl (C=O) groups excluding carboxylic acids is 1. The molecule has 96 valence electrons. The van der Waals surface area contributed by atoms with E-state index in [2.05, 4.69) is 5.32 Å². The first-order valence-electron chi connectivity index (χ1n) is 6.34. The van der Waals surface area contributed by atoms with Crippen molar-refractivity contribution in [2.24, 2.45) is 0 Å². The maximum Gasteiger partial charge on any atom is 0.217 e. The van der Waals surface area contributed by atoms with Crippen LogP contribution in [0.15, 0.2) is 18.2 Å². The number of amides is 1. The molecule has 1 saturated carbocycles. The van der Waals surface area contributed by atoms with Crippen molar-refractivity contribution < 1.29 is 9.53 Å². The maximum atomic E-state index is 11.3. The number of nitrogens with one attached hydrogen (secondary N) is 1. The van der Waals surface area contributed by atoms with Gasteiger partial charge < -0.3 is 10.1 Å². The quantitative estimate of drug-likeness (QED) is 0.847. The number of rotatable bonds is 1. The van der Waals surface area contributed by atoms with Crippen LogP contribution in [-0.4, -0.2) is 11.5 Å². The molecule has 1 N–H and O–H groups in total. The minimum atomic E-state index is -0.0786. The highest BCUT2D eigenvalue weighted by molar-refractivity contribution is 6.30. The Kier molecular flexibility index (Phi) is 2.74. The summed E-state index contributed by atoms with van der Waals surface area (Å²) in [6.45, 7) is 1.55. The molecule has 1 spiro atoms. The average Bonchev–Trinajstić information content (AvgIpc) is 2.25. The molecule has 0 bridgehead atoms. The molecular formula is C14H16ClNO2. The molecule has 0 aromatic heterocycles. The van der Waals surface area contributed by atoms with Gasteiger partial charge in [-0.2, -0.15) is 0 Å². The number of benzene rings is 1. The van der Waals surface area contributed by atoms with Crippen molar-refractivity contribution >= 4 is 17.5 Å². The van der Waals surface area contributed by atoms with E-state index in [9.17, 15) is 4.79 Å². The zero-order valence-electron chi connectivity index (χ0n) is 10.3. The summed E-state index contributed by atoms with van der Waals surface area (Å²) in [5, 5.41) is 3.69. The van der Waals surface area contributed by atoms with Gasteiger partial charge >= 0.3 is 0 Å². The Morgan fingerprint density at radius 3 is 2.89 bits per heavy atom. The predicted octanol–water partition coefficient (Wildman–Crippen LogP) is 3.22. The molecule has 1 aromatic rings. The van der Waals surface area contributed by atoms with Crippen LogP contribution in [0, 0.1) is 0 Å². The molecule has 3 rings (SSSR count). The number of hydrogen-bond acceptors (Lipinski definition) is 2. The van der Waals surface area contributed by atoms with Gasteiger partial charge in [0.15, 0.2) is 0 Å². The van der Waals surface area contributed by atoms with E-state index in [0.717, 1.165) is 30.6 Å². The summed E-state index contributed by atoms with van der Waals surface area (Å²) in [6, 6.07) is 5.69. The third kappa shape index (κ3) is 1.97. The Morgan fingerprint density at radius 2 is 2.28 bits per heavy atom. The molecule has 1 fully saturated rings. The standard InChI is InChI=1S/C14H16ClNO2/c1-9(17)16-12-8-14(5-2-6-14)18-13-7-10(15)3-4-11(12)13/h3-4,7,12H,2,5-6,8H2,1H3,(H,16,17). The van der Waals surface area contributed by atoms with Crippen molar-refractivity contribution in [3.63, 3.8) is 0 Å². The number of carbonyl (C=O) groups is 1. The fourth-order valence-corrected chi connectivity index (χ4v) is 3.05. The Balaban J connectivity index is 1.97. The molecule has 0 saturated heterocycles. The monoisotopic (exact) mass is 265 g/mol. The van der Waals surface area contributed by atoms with Crippen LogP contribution in [0.3, 0.4) is 0 Å². The lowest BCUT2D eigenvalue weighted by Crippen LogP contribution is -2.49. The van der Waals surface area contributed by atoms with E-state index in [0.29, 0.717) is 5.02 Å². The van der Waals surface area contributed by atoms with Gasteiger partial charge in [0.25, 0.3) is 0 Å². The molecule has 1 unspecified atom stereocenters. The van der Waals surface area contributed by atoms with E-state index >= 15 is 0 Å². The number of fused-ring (bicyclic) bond motifs is 1. The second kappa shape index (κ2) is 4.16. The van der Waals surface area contributed by atoms with Crippen molar-refractivity contribution in [2.45, 2.75) is 44.2 Å². The highest BCUT2D eigenvalue weighted by Gasteiger charge is 2.45. The lowest BCUT2D eigenvalue weighted by molar-refractivity contribution is -0.120. The van der Waals surface area contributed by atoms with E-state index in [1.807, 2.05) is 18.2 Å². The zero-order chi connectivity index (χ0) is 12.8. The minimum Gasteiger partial charge on any atom is -0.487 e. The Hall–Kier alpha value is -1.22. The van der Waals surface area contributed by atoms with Gasteiger partial charge in [-0.05, 0) is 31.4 Å². The van der Waals surface area contributed by atoms with Gasteiger partial charge in [0.2, 0.25) is 5.91 Å². The maximum absolute atomic E-state index is 11.3. The van der Waals surface area contributed by atoms with E-state index in [1.54, 1.807) is 6.92 Å². The molecule has 1 aliphatic heterocycles.